The van der Waals surface area contributed by atoms with Gasteiger partial charge in [0.25, 0.3) is 0 Å². The Morgan fingerprint density at radius 1 is 1.17 bits per heavy atom. The second-order valence-electron chi connectivity index (χ2n) is 7.10. The SMILES string of the molecule is CC[C@@H]1SC2=NC(C)=C(C(=O)OCc3ccccc3)[C@H](c3ccccc3F)N2C1=O. The predicted octanol–water partition coefficient (Wildman–Crippen LogP) is 4.61. The molecule has 2 atom stereocenters. The average Bonchev–Trinajstić information content (AvgIpc) is 3.07. The Morgan fingerprint density at radius 3 is 2.57 bits per heavy atom. The number of carbonyl (C=O) groups excluding carboxylic acids is 2. The number of amides is 1. The van der Waals surface area contributed by atoms with E-state index in [0.29, 0.717) is 17.3 Å². The highest BCUT2D eigenvalue weighted by atomic mass is 32.2. The summed E-state index contributed by atoms with van der Waals surface area (Å²) in [5, 5.41) is 0.197. The summed E-state index contributed by atoms with van der Waals surface area (Å²) in [5.74, 6) is -1.26. The maximum atomic E-state index is 14.8. The molecule has 0 unspecified atom stereocenters. The number of halogens is 1. The Kier molecular flexibility index (Phi) is 5.72. The van der Waals surface area contributed by atoms with E-state index >= 15 is 0 Å². The van der Waals surface area contributed by atoms with Crippen LogP contribution < -0.4 is 0 Å². The fourth-order valence-electron chi connectivity index (χ4n) is 3.64. The predicted molar refractivity (Wildman–Crippen MR) is 114 cm³/mol. The lowest BCUT2D eigenvalue weighted by Crippen LogP contribution is -2.41. The second-order valence-corrected chi connectivity index (χ2v) is 8.27. The minimum Gasteiger partial charge on any atom is -0.457 e. The summed E-state index contributed by atoms with van der Waals surface area (Å²) in [6.45, 7) is 3.70. The number of allylic oxidation sites excluding steroid dienone is 1. The molecule has 0 saturated carbocycles. The number of thioether (sulfide) groups is 1. The van der Waals surface area contributed by atoms with Crippen LogP contribution in [0.1, 0.15) is 37.4 Å². The normalized spacial score (nSPS) is 20.8. The fourth-order valence-corrected chi connectivity index (χ4v) is 4.78. The van der Waals surface area contributed by atoms with Crippen LogP contribution in [0.3, 0.4) is 0 Å². The average molecular weight is 424 g/mol. The van der Waals surface area contributed by atoms with Crippen LogP contribution in [0.4, 0.5) is 4.39 Å². The number of aliphatic imine (C=N–C) groups is 1. The Hall–Kier alpha value is -2.93. The number of amidine groups is 1. The topological polar surface area (TPSA) is 59.0 Å². The van der Waals surface area contributed by atoms with Gasteiger partial charge >= 0.3 is 5.97 Å². The molecule has 1 amide bonds. The number of nitrogens with zero attached hydrogens (tertiary/aromatic N) is 2. The zero-order valence-corrected chi connectivity index (χ0v) is 17.5. The Balaban J connectivity index is 1.73. The fraction of sp³-hybridized carbons (Fsp3) is 0.261. The molecular formula is C23H21FN2O3S. The quantitative estimate of drug-likeness (QED) is 0.658. The summed E-state index contributed by atoms with van der Waals surface area (Å²) in [5.41, 5.74) is 1.71. The summed E-state index contributed by atoms with van der Waals surface area (Å²) in [6.07, 6.45) is 0.621. The van der Waals surface area contributed by atoms with Crippen LogP contribution in [-0.4, -0.2) is 27.2 Å². The first kappa shape index (κ1) is 20.3. The molecule has 1 saturated heterocycles. The van der Waals surface area contributed by atoms with Gasteiger partial charge in [-0.25, -0.2) is 14.2 Å². The molecule has 2 heterocycles. The third kappa shape index (κ3) is 3.65. The van der Waals surface area contributed by atoms with E-state index in [2.05, 4.69) is 4.99 Å². The van der Waals surface area contributed by atoms with E-state index in [4.69, 9.17) is 4.74 Å². The molecule has 0 N–H and O–H groups in total. The number of hydrogen-bond donors (Lipinski definition) is 0. The van der Waals surface area contributed by atoms with Crippen molar-refractivity contribution >= 4 is 28.8 Å². The minimum absolute atomic E-state index is 0.0807. The van der Waals surface area contributed by atoms with Gasteiger partial charge in [-0.1, -0.05) is 67.2 Å². The van der Waals surface area contributed by atoms with Crippen LogP contribution in [0.15, 0.2) is 70.9 Å². The summed E-state index contributed by atoms with van der Waals surface area (Å²) >= 11 is 1.35. The Labute approximate surface area is 178 Å². The highest BCUT2D eigenvalue weighted by Crippen LogP contribution is 2.44. The standard InChI is InChI=1S/C23H21FN2O3S/c1-3-18-21(27)26-20(16-11-7-8-12-17(16)24)19(14(2)25-23(26)30-18)22(28)29-13-15-9-5-4-6-10-15/h4-12,18,20H,3,13H2,1-2H3/t18-,20-/m0/s1. The molecule has 4 rings (SSSR count). The van der Waals surface area contributed by atoms with Crippen LogP contribution in [-0.2, 0) is 20.9 Å². The Morgan fingerprint density at radius 2 is 1.87 bits per heavy atom. The summed E-state index contributed by atoms with van der Waals surface area (Å²) in [6, 6.07) is 14.6. The van der Waals surface area contributed by atoms with E-state index in [1.807, 2.05) is 37.3 Å². The van der Waals surface area contributed by atoms with Crippen LogP contribution in [0.25, 0.3) is 0 Å². The van der Waals surface area contributed by atoms with Gasteiger partial charge < -0.3 is 4.74 Å². The first-order valence-electron chi connectivity index (χ1n) is 9.76. The van der Waals surface area contributed by atoms with E-state index in [-0.39, 0.29) is 28.9 Å². The maximum Gasteiger partial charge on any atom is 0.338 e. The number of benzene rings is 2. The third-order valence-corrected chi connectivity index (χ3v) is 6.47. The van der Waals surface area contributed by atoms with Gasteiger partial charge in [0.1, 0.15) is 18.5 Å². The van der Waals surface area contributed by atoms with E-state index in [1.165, 1.54) is 22.7 Å². The van der Waals surface area contributed by atoms with E-state index in [9.17, 15) is 14.0 Å². The van der Waals surface area contributed by atoms with Crippen molar-refractivity contribution in [3.8, 4) is 0 Å². The van der Waals surface area contributed by atoms with Crippen molar-refractivity contribution < 1.29 is 18.7 Å². The number of carbonyl (C=O) groups is 2. The number of esters is 1. The molecule has 2 aliphatic rings. The van der Waals surface area contributed by atoms with Crippen molar-refractivity contribution in [1.29, 1.82) is 0 Å². The summed E-state index contributed by atoms with van der Waals surface area (Å²) < 4.78 is 20.3. The van der Waals surface area contributed by atoms with Gasteiger partial charge in [0.2, 0.25) is 5.91 Å². The number of fused-ring (bicyclic) bond motifs is 1. The molecule has 154 valence electrons. The first-order valence-corrected chi connectivity index (χ1v) is 10.6. The smallest absolute Gasteiger partial charge is 0.338 e. The highest BCUT2D eigenvalue weighted by Gasteiger charge is 2.47. The largest absolute Gasteiger partial charge is 0.457 e. The molecule has 0 radical (unpaired) electrons. The second kappa shape index (κ2) is 8.44. The van der Waals surface area contributed by atoms with E-state index in [1.54, 1.807) is 25.1 Å². The van der Waals surface area contributed by atoms with Crippen molar-refractivity contribution in [2.75, 3.05) is 0 Å². The molecule has 0 aromatic heterocycles. The molecule has 2 aromatic rings. The van der Waals surface area contributed by atoms with Crippen molar-refractivity contribution in [2.24, 2.45) is 4.99 Å². The van der Waals surface area contributed by atoms with Gasteiger partial charge in [-0.2, -0.15) is 0 Å². The highest BCUT2D eigenvalue weighted by molar-refractivity contribution is 8.15. The lowest BCUT2D eigenvalue weighted by molar-refractivity contribution is -0.141. The summed E-state index contributed by atoms with van der Waals surface area (Å²) in [4.78, 5) is 32.1. The van der Waals surface area contributed by atoms with Crippen molar-refractivity contribution in [3.05, 3.63) is 82.8 Å². The zero-order chi connectivity index (χ0) is 21.3. The van der Waals surface area contributed by atoms with Crippen LogP contribution >= 0.6 is 11.8 Å². The molecule has 7 heteroatoms. The molecule has 5 nitrogen and oxygen atoms in total. The lowest BCUT2D eigenvalue weighted by atomic mass is 9.93. The number of rotatable bonds is 5. The molecule has 2 aliphatic heterocycles. The lowest BCUT2D eigenvalue weighted by Gasteiger charge is -2.33. The molecule has 0 bridgehead atoms. The summed E-state index contributed by atoms with van der Waals surface area (Å²) in [7, 11) is 0. The molecule has 0 aliphatic carbocycles. The van der Waals surface area contributed by atoms with Crippen LogP contribution in [0.5, 0.6) is 0 Å². The van der Waals surface area contributed by atoms with Crippen LogP contribution in [0.2, 0.25) is 0 Å². The number of hydrogen-bond acceptors (Lipinski definition) is 5. The van der Waals surface area contributed by atoms with Crippen molar-refractivity contribution in [1.82, 2.24) is 4.90 Å². The molecular weight excluding hydrogens is 403 g/mol. The van der Waals surface area contributed by atoms with E-state index in [0.717, 1.165) is 5.56 Å². The van der Waals surface area contributed by atoms with Gasteiger partial charge in [-0.3, -0.25) is 9.69 Å². The van der Waals surface area contributed by atoms with Gasteiger partial charge in [0, 0.05) is 5.56 Å². The van der Waals surface area contributed by atoms with Gasteiger partial charge in [0.05, 0.1) is 16.5 Å². The van der Waals surface area contributed by atoms with E-state index < -0.39 is 17.8 Å². The maximum absolute atomic E-state index is 14.8. The first-order chi connectivity index (χ1) is 14.5. The van der Waals surface area contributed by atoms with Crippen molar-refractivity contribution in [3.63, 3.8) is 0 Å². The monoisotopic (exact) mass is 424 g/mol. The third-order valence-electron chi connectivity index (χ3n) is 5.15. The molecule has 2 aromatic carbocycles. The van der Waals surface area contributed by atoms with Gasteiger partial charge in [-0.15, -0.1) is 0 Å². The Bertz CT molecular complexity index is 1050. The van der Waals surface area contributed by atoms with Crippen LogP contribution in [0, 0.1) is 5.82 Å². The van der Waals surface area contributed by atoms with Gasteiger partial charge in [0.15, 0.2) is 5.17 Å². The number of ether oxygens (including phenoxy) is 1. The van der Waals surface area contributed by atoms with Crippen molar-refractivity contribution in [2.45, 2.75) is 38.2 Å². The molecule has 30 heavy (non-hydrogen) atoms. The zero-order valence-electron chi connectivity index (χ0n) is 16.7. The molecule has 1 fully saturated rings. The van der Waals surface area contributed by atoms with Gasteiger partial charge in [-0.05, 0) is 25.0 Å². The minimum atomic E-state index is -0.904. The molecule has 0 spiro atoms.